The number of rotatable bonds is 5. The summed E-state index contributed by atoms with van der Waals surface area (Å²) in [5.41, 5.74) is 0.316. The molecule has 0 bridgehead atoms. The molecule has 1 amide bonds. The molecule has 1 heterocycles. The van der Waals surface area contributed by atoms with Crippen LogP contribution in [0.2, 0.25) is 0 Å². The number of nitrogens with one attached hydrogen (secondary N) is 3. The summed E-state index contributed by atoms with van der Waals surface area (Å²) in [6, 6.07) is 6.18. The molecule has 1 saturated heterocycles. The lowest BCUT2D eigenvalue weighted by molar-refractivity contribution is -0.118. The van der Waals surface area contributed by atoms with Crippen LogP contribution in [0.15, 0.2) is 29.2 Å². The number of para-hydroxylation sites is 1. The quantitative estimate of drug-likeness (QED) is 0.759. The van der Waals surface area contributed by atoms with Crippen molar-refractivity contribution < 1.29 is 13.2 Å². The van der Waals surface area contributed by atoms with Gasteiger partial charge in [0, 0.05) is 6.54 Å². The highest BCUT2D eigenvalue weighted by atomic mass is 32.2. The maximum atomic E-state index is 12.2. The van der Waals surface area contributed by atoms with E-state index in [1.165, 1.54) is 6.07 Å². The van der Waals surface area contributed by atoms with Crippen LogP contribution in [0.25, 0.3) is 0 Å². The highest BCUT2D eigenvalue weighted by Gasteiger charge is 2.23. The molecule has 21 heavy (non-hydrogen) atoms. The van der Waals surface area contributed by atoms with Crippen molar-refractivity contribution in [1.29, 1.82) is 0 Å². The Balaban J connectivity index is 2.18. The van der Waals surface area contributed by atoms with E-state index in [2.05, 4.69) is 15.4 Å². The summed E-state index contributed by atoms with van der Waals surface area (Å²) in [5, 5.41) is 5.87. The van der Waals surface area contributed by atoms with E-state index < -0.39 is 10.0 Å². The zero-order chi connectivity index (χ0) is 15.3. The minimum absolute atomic E-state index is 0.0935. The molecule has 1 aromatic carbocycles. The molecular formula is C14H21N3O3S. The molecule has 0 aliphatic carbocycles. The predicted molar refractivity (Wildman–Crippen MR) is 81.6 cm³/mol. The van der Waals surface area contributed by atoms with Gasteiger partial charge in [-0.1, -0.05) is 25.5 Å². The van der Waals surface area contributed by atoms with Crippen LogP contribution in [-0.4, -0.2) is 33.5 Å². The van der Waals surface area contributed by atoms with Crippen LogP contribution >= 0.6 is 0 Å². The normalized spacial score (nSPS) is 19.2. The van der Waals surface area contributed by atoms with Crippen LogP contribution < -0.4 is 15.4 Å². The molecule has 1 aromatic rings. The molecule has 0 spiro atoms. The molecule has 1 aliphatic rings. The number of sulfonamides is 1. The van der Waals surface area contributed by atoms with E-state index in [4.69, 9.17) is 0 Å². The number of carbonyl (C=O) groups is 1. The Hall–Kier alpha value is -1.44. The molecular weight excluding hydrogens is 290 g/mol. The van der Waals surface area contributed by atoms with Crippen LogP contribution in [0.3, 0.4) is 0 Å². The maximum Gasteiger partial charge on any atom is 0.242 e. The van der Waals surface area contributed by atoms with E-state index in [1.807, 2.05) is 0 Å². The SMILES string of the molecule is CCNS(=O)(=O)c1ccccc1NC(=O)[C@H]1CCCCN1. The third-order valence-electron chi connectivity index (χ3n) is 3.40. The molecule has 0 aromatic heterocycles. The van der Waals surface area contributed by atoms with Crippen LogP contribution in [0.1, 0.15) is 26.2 Å². The summed E-state index contributed by atoms with van der Waals surface area (Å²) >= 11 is 0. The van der Waals surface area contributed by atoms with E-state index in [1.54, 1.807) is 25.1 Å². The van der Waals surface area contributed by atoms with Crippen molar-refractivity contribution in [3.8, 4) is 0 Å². The molecule has 0 saturated carbocycles. The standard InChI is InChI=1S/C14H21N3O3S/c1-2-16-21(19,20)13-9-4-3-7-11(13)17-14(18)12-8-5-6-10-15-12/h3-4,7,9,12,15-16H,2,5-6,8,10H2,1H3,(H,17,18)/t12-/m1/s1. The second-order valence-electron chi connectivity index (χ2n) is 4.99. The van der Waals surface area contributed by atoms with Gasteiger partial charge in [-0.25, -0.2) is 13.1 Å². The third-order valence-corrected chi connectivity index (χ3v) is 5.00. The fraction of sp³-hybridized carbons (Fsp3) is 0.500. The van der Waals surface area contributed by atoms with E-state index in [9.17, 15) is 13.2 Å². The summed E-state index contributed by atoms with van der Waals surface area (Å²) in [6.45, 7) is 2.83. The summed E-state index contributed by atoms with van der Waals surface area (Å²) < 4.78 is 26.7. The average Bonchev–Trinajstić information content (AvgIpc) is 2.48. The first-order chi connectivity index (χ1) is 10.0. The van der Waals surface area contributed by atoms with Crippen molar-refractivity contribution in [2.45, 2.75) is 37.1 Å². The Labute approximate surface area is 125 Å². The van der Waals surface area contributed by atoms with Crippen LogP contribution in [0, 0.1) is 0 Å². The lowest BCUT2D eigenvalue weighted by Gasteiger charge is -2.23. The van der Waals surface area contributed by atoms with Gasteiger partial charge in [0.15, 0.2) is 0 Å². The van der Waals surface area contributed by atoms with Crippen molar-refractivity contribution in [3.63, 3.8) is 0 Å². The molecule has 1 atom stereocenters. The Morgan fingerprint density at radius 1 is 1.33 bits per heavy atom. The number of hydrogen-bond donors (Lipinski definition) is 3. The highest BCUT2D eigenvalue weighted by molar-refractivity contribution is 7.89. The number of anilines is 1. The fourth-order valence-electron chi connectivity index (χ4n) is 2.37. The predicted octanol–water partition coefficient (Wildman–Crippen LogP) is 1.07. The minimum Gasteiger partial charge on any atom is -0.324 e. The molecule has 0 radical (unpaired) electrons. The van der Waals surface area contributed by atoms with E-state index in [0.29, 0.717) is 12.2 Å². The molecule has 2 rings (SSSR count). The van der Waals surface area contributed by atoms with Crippen molar-refractivity contribution in [2.75, 3.05) is 18.4 Å². The highest BCUT2D eigenvalue weighted by Crippen LogP contribution is 2.21. The largest absolute Gasteiger partial charge is 0.324 e. The number of benzene rings is 1. The molecule has 1 fully saturated rings. The third kappa shape index (κ3) is 4.03. The molecule has 7 heteroatoms. The molecule has 116 valence electrons. The number of hydrogen-bond acceptors (Lipinski definition) is 4. The van der Waals surface area contributed by atoms with Gasteiger partial charge >= 0.3 is 0 Å². The number of amides is 1. The van der Waals surface area contributed by atoms with Crippen molar-refractivity contribution >= 4 is 21.6 Å². The van der Waals surface area contributed by atoms with E-state index in [-0.39, 0.29) is 16.8 Å². The van der Waals surface area contributed by atoms with Gasteiger partial charge in [-0.3, -0.25) is 4.79 Å². The Bertz CT molecular complexity index is 595. The van der Waals surface area contributed by atoms with Crippen molar-refractivity contribution in [2.24, 2.45) is 0 Å². The lowest BCUT2D eigenvalue weighted by atomic mass is 10.0. The molecule has 1 aliphatic heterocycles. The first-order valence-corrected chi connectivity index (χ1v) is 8.66. The first-order valence-electron chi connectivity index (χ1n) is 7.17. The Morgan fingerprint density at radius 2 is 2.10 bits per heavy atom. The lowest BCUT2D eigenvalue weighted by Crippen LogP contribution is -2.43. The van der Waals surface area contributed by atoms with Gasteiger partial charge in [-0.05, 0) is 31.5 Å². The van der Waals surface area contributed by atoms with Crippen LogP contribution in [0.4, 0.5) is 5.69 Å². The van der Waals surface area contributed by atoms with Gasteiger partial charge in [0.05, 0.1) is 11.7 Å². The summed E-state index contributed by atoms with van der Waals surface area (Å²) in [4.78, 5) is 12.3. The van der Waals surface area contributed by atoms with Crippen LogP contribution in [-0.2, 0) is 14.8 Å². The molecule has 6 nitrogen and oxygen atoms in total. The summed E-state index contributed by atoms with van der Waals surface area (Å²) in [5.74, 6) is -0.186. The Morgan fingerprint density at radius 3 is 2.76 bits per heavy atom. The Kier molecular flexibility index (Phi) is 5.33. The van der Waals surface area contributed by atoms with Crippen molar-refractivity contribution in [3.05, 3.63) is 24.3 Å². The monoisotopic (exact) mass is 311 g/mol. The van der Waals surface area contributed by atoms with E-state index in [0.717, 1.165) is 25.8 Å². The number of carbonyl (C=O) groups excluding carboxylic acids is 1. The molecule has 3 N–H and O–H groups in total. The summed E-state index contributed by atoms with van der Waals surface area (Å²) in [7, 11) is -3.60. The maximum absolute atomic E-state index is 12.2. The zero-order valence-electron chi connectivity index (χ0n) is 12.1. The average molecular weight is 311 g/mol. The van der Waals surface area contributed by atoms with Crippen LogP contribution in [0.5, 0.6) is 0 Å². The van der Waals surface area contributed by atoms with Gasteiger partial charge in [0.1, 0.15) is 4.90 Å². The first kappa shape index (κ1) is 15.9. The summed E-state index contributed by atoms with van der Waals surface area (Å²) in [6.07, 6.45) is 2.84. The fourth-order valence-corrected chi connectivity index (χ4v) is 3.57. The number of piperidine rings is 1. The topological polar surface area (TPSA) is 87.3 Å². The van der Waals surface area contributed by atoms with Gasteiger partial charge in [0.2, 0.25) is 15.9 Å². The second-order valence-corrected chi connectivity index (χ2v) is 6.72. The zero-order valence-corrected chi connectivity index (χ0v) is 12.9. The van der Waals surface area contributed by atoms with E-state index >= 15 is 0 Å². The molecule has 0 unspecified atom stereocenters. The smallest absolute Gasteiger partial charge is 0.242 e. The van der Waals surface area contributed by atoms with Crippen molar-refractivity contribution in [1.82, 2.24) is 10.0 Å². The minimum atomic E-state index is -3.60. The van der Waals surface area contributed by atoms with Gasteiger partial charge in [-0.15, -0.1) is 0 Å². The van der Waals surface area contributed by atoms with Gasteiger partial charge in [0.25, 0.3) is 0 Å². The second kappa shape index (κ2) is 7.02. The van der Waals surface area contributed by atoms with Gasteiger partial charge in [-0.2, -0.15) is 0 Å². The van der Waals surface area contributed by atoms with Gasteiger partial charge < -0.3 is 10.6 Å².